The van der Waals surface area contributed by atoms with Crippen LogP contribution in [0.1, 0.15) is 32.6 Å². The first kappa shape index (κ1) is 11.2. The summed E-state index contributed by atoms with van der Waals surface area (Å²) < 4.78 is 0. The Morgan fingerprint density at radius 1 is 1.27 bits per heavy atom. The van der Waals surface area contributed by atoms with E-state index in [2.05, 4.69) is 24.0 Å². The van der Waals surface area contributed by atoms with Gasteiger partial charge in [-0.15, -0.1) is 0 Å². The van der Waals surface area contributed by atoms with Crippen LogP contribution in [-0.2, 0) is 0 Å². The molecule has 0 aromatic carbocycles. The summed E-state index contributed by atoms with van der Waals surface area (Å²) >= 11 is 0. The third-order valence-corrected chi connectivity index (χ3v) is 3.45. The van der Waals surface area contributed by atoms with E-state index in [0.29, 0.717) is 12.0 Å². The molecular weight excluding hydrogens is 184 g/mol. The Morgan fingerprint density at radius 3 is 2.60 bits per heavy atom. The van der Waals surface area contributed by atoms with Gasteiger partial charge in [0.2, 0.25) is 0 Å². The molecule has 1 fully saturated rings. The van der Waals surface area contributed by atoms with Crippen molar-refractivity contribution in [3.8, 4) is 0 Å². The lowest BCUT2D eigenvalue weighted by Gasteiger charge is -2.24. The van der Waals surface area contributed by atoms with Gasteiger partial charge in [0.15, 0.2) is 0 Å². The van der Waals surface area contributed by atoms with Crippen LogP contribution in [0.4, 0.5) is 0 Å². The predicted molar refractivity (Wildman–Crippen MR) is 64.7 cm³/mol. The molecule has 0 aromatic rings. The summed E-state index contributed by atoms with van der Waals surface area (Å²) in [6.45, 7) is 6.09. The van der Waals surface area contributed by atoms with Crippen molar-refractivity contribution in [2.75, 3.05) is 19.6 Å². The van der Waals surface area contributed by atoms with Gasteiger partial charge in [0.05, 0.1) is 0 Å². The van der Waals surface area contributed by atoms with E-state index in [1.165, 1.54) is 38.9 Å². The molecule has 2 nitrogen and oxygen atoms in total. The fourth-order valence-corrected chi connectivity index (χ4v) is 2.51. The molecular formula is C13H24N2. The van der Waals surface area contributed by atoms with Gasteiger partial charge in [-0.05, 0) is 44.1 Å². The average Bonchev–Trinajstić information content (AvgIpc) is 2.90. The quantitative estimate of drug-likeness (QED) is 0.677. The van der Waals surface area contributed by atoms with Crippen LogP contribution < -0.4 is 5.73 Å². The van der Waals surface area contributed by atoms with Crippen molar-refractivity contribution in [1.82, 2.24) is 4.90 Å². The normalized spacial score (nSPS) is 30.3. The first-order valence-electron chi connectivity index (χ1n) is 6.44. The fraction of sp³-hybridized carbons (Fsp3) is 0.846. The van der Waals surface area contributed by atoms with Gasteiger partial charge in [0, 0.05) is 19.1 Å². The van der Waals surface area contributed by atoms with Gasteiger partial charge in [-0.25, -0.2) is 0 Å². The lowest BCUT2D eigenvalue weighted by molar-refractivity contribution is 0.236. The minimum Gasteiger partial charge on any atom is -0.324 e. The highest BCUT2D eigenvalue weighted by molar-refractivity contribution is 5.05. The zero-order chi connectivity index (χ0) is 10.7. The Kier molecular flexibility index (Phi) is 3.81. The lowest BCUT2D eigenvalue weighted by Crippen LogP contribution is -2.32. The molecule has 2 atom stereocenters. The predicted octanol–water partition coefficient (Wildman–Crippen LogP) is 2.01. The van der Waals surface area contributed by atoms with Crippen molar-refractivity contribution in [2.24, 2.45) is 17.6 Å². The highest BCUT2D eigenvalue weighted by Gasteiger charge is 2.25. The highest BCUT2D eigenvalue weighted by atomic mass is 15.1. The van der Waals surface area contributed by atoms with Crippen LogP contribution in [0.15, 0.2) is 12.2 Å². The van der Waals surface area contributed by atoms with Crippen LogP contribution in [0.25, 0.3) is 0 Å². The van der Waals surface area contributed by atoms with E-state index in [1.807, 2.05) is 0 Å². The van der Waals surface area contributed by atoms with Crippen LogP contribution in [0.3, 0.4) is 0 Å². The van der Waals surface area contributed by atoms with Crippen LogP contribution in [0.2, 0.25) is 0 Å². The number of nitrogens with zero attached hydrogens (tertiary/aromatic N) is 1. The van der Waals surface area contributed by atoms with Gasteiger partial charge in [-0.2, -0.15) is 0 Å². The molecule has 1 saturated carbocycles. The van der Waals surface area contributed by atoms with Crippen molar-refractivity contribution >= 4 is 0 Å². The average molecular weight is 208 g/mol. The number of nitrogens with two attached hydrogens (primary N) is 1. The standard InChI is InChI=1S/C13H24N2/c1-2-7-15(9-11-3-4-11)10-12-5-6-13(14)8-12/h5-6,11-13H,2-4,7-10,14H2,1H3. The largest absolute Gasteiger partial charge is 0.324 e. The van der Waals surface area contributed by atoms with E-state index in [9.17, 15) is 0 Å². The van der Waals surface area contributed by atoms with E-state index in [1.54, 1.807) is 0 Å². The molecule has 86 valence electrons. The van der Waals surface area contributed by atoms with Crippen LogP contribution in [0.5, 0.6) is 0 Å². The van der Waals surface area contributed by atoms with E-state index in [4.69, 9.17) is 5.73 Å². The summed E-state index contributed by atoms with van der Waals surface area (Å²) in [5, 5.41) is 0. The van der Waals surface area contributed by atoms with Gasteiger partial charge in [0.25, 0.3) is 0 Å². The van der Waals surface area contributed by atoms with Gasteiger partial charge in [0.1, 0.15) is 0 Å². The van der Waals surface area contributed by atoms with E-state index in [-0.39, 0.29) is 0 Å². The maximum Gasteiger partial charge on any atom is 0.0229 e. The molecule has 2 N–H and O–H groups in total. The van der Waals surface area contributed by atoms with Crippen molar-refractivity contribution < 1.29 is 0 Å². The monoisotopic (exact) mass is 208 g/mol. The second kappa shape index (κ2) is 5.13. The summed E-state index contributed by atoms with van der Waals surface area (Å²) in [6.07, 6.45) is 9.84. The molecule has 2 heteroatoms. The Morgan fingerprint density at radius 2 is 2.07 bits per heavy atom. The smallest absolute Gasteiger partial charge is 0.0229 e. The Balaban J connectivity index is 1.74. The van der Waals surface area contributed by atoms with E-state index >= 15 is 0 Å². The fourth-order valence-electron chi connectivity index (χ4n) is 2.51. The van der Waals surface area contributed by atoms with Crippen molar-refractivity contribution in [1.29, 1.82) is 0 Å². The lowest BCUT2D eigenvalue weighted by atomic mass is 10.1. The van der Waals surface area contributed by atoms with Crippen molar-refractivity contribution in [3.05, 3.63) is 12.2 Å². The molecule has 0 aliphatic heterocycles. The Labute approximate surface area is 93.5 Å². The number of rotatable bonds is 6. The third kappa shape index (κ3) is 3.62. The summed E-state index contributed by atoms with van der Waals surface area (Å²) in [6, 6.07) is 0.319. The summed E-state index contributed by atoms with van der Waals surface area (Å²) in [4.78, 5) is 2.64. The van der Waals surface area contributed by atoms with Crippen LogP contribution in [-0.4, -0.2) is 30.6 Å². The molecule has 2 rings (SSSR count). The maximum atomic E-state index is 5.88. The SMILES string of the molecule is CCCN(CC1C=CC(N)C1)CC1CC1. The molecule has 0 aromatic heterocycles. The second-order valence-electron chi connectivity index (χ2n) is 5.25. The Hall–Kier alpha value is -0.340. The summed E-state index contributed by atoms with van der Waals surface area (Å²) in [7, 11) is 0. The molecule has 15 heavy (non-hydrogen) atoms. The molecule has 2 aliphatic rings. The summed E-state index contributed by atoms with van der Waals surface area (Å²) in [5.74, 6) is 1.72. The minimum absolute atomic E-state index is 0.319. The topological polar surface area (TPSA) is 29.3 Å². The molecule has 0 bridgehead atoms. The van der Waals surface area contributed by atoms with Crippen molar-refractivity contribution in [3.63, 3.8) is 0 Å². The second-order valence-corrected chi connectivity index (χ2v) is 5.25. The molecule has 0 saturated heterocycles. The first-order chi connectivity index (χ1) is 7.28. The highest BCUT2D eigenvalue weighted by Crippen LogP contribution is 2.30. The molecule has 0 spiro atoms. The Bertz CT molecular complexity index is 221. The van der Waals surface area contributed by atoms with Gasteiger partial charge < -0.3 is 10.6 Å². The molecule has 2 unspecified atom stereocenters. The molecule has 0 radical (unpaired) electrons. The van der Waals surface area contributed by atoms with Crippen LogP contribution >= 0.6 is 0 Å². The molecule has 0 amide bonds. The third-order valence-electron chi connectivity index (χ3n) is 3.45. The van der Waals surface area contributed by atoms with Gasteiger partial charge in [-0.1, -0.05) is 19.1 Å². The first-order valence-corrected chi connectivity index (χ1v) is 6.44. The van der Waals surface area contributed by atoms with E-state index in [0.717, 1.165) is 12.3 Å². The molecule has 0 heterocycles. The van der Waals surface area contributed by atoms with E-state index < -0.39 is 0 Å². The number of hydrogen-bond acceptors (Lipinski definition) is 2. The number of hydrogen-bond donors (Lipinski definition) is 1. The maximum absolute atomic E-state index is 5.88. The van der Waals surface area contributed by atoms with Gasteiger partial charge in [-0.3, -0.25) is 0 Å². The summed E-state index contributed by atoms with van der Waals surface area (Å²) in [5.41, 5.74) is 5.88. The van der Waals surface area contributed by atoms with Gasteiger partial charge >= 0.3 is 0 Å². The zero-order valence-corrected chi connectivity index (χ0v) is 9.86. The molecule has 2 aliphatic carbocycles. The minimum atomic E-state index is 0.319. The zero-order valence-electron chi connectivity index (χ0n) is 9.86. The van der Waals surface area contributed by atoms with Crippen LogP contribution in [0, 0.1) is 11.8 Å². The van der Waals surface area contributed by atoms with Crippen molar-refractivity contribution in [2.45, 2.75) is 38.6 Å².